The number of halogens is 3. The number of aliphatic hydroxyl groups is 1. The average Bonchev–Trinajstić information content (AvgIpc) is 1.77. The summed E-state index contributed by atoms with van der Waals surface area (Å²) in [4.78, 5) is 1.97. The van der Waals surface area contributed by atoms with Gasteiger partial charge in [0.2, 0.25) is 0 Å². The Balaban J connectivity index is 1.97. The lowest BCUT2D eigenvalue weighted by Crippen LogP contribution is -2.70. The first kappa shape index (κ1) is 9.27. The Bertz CT molecular complexity index is 224. The highest BCUT2D eigenvalue weighted by atomic mass is 19.4. The smallest absolute Gasteiger partial charge is 0.380 e. The predicted molar refractivity (Wildman–Crippen MR) is 40.2 cm³/mol. The number of alkyl halides is 3. The van der Waals surface area contributed by atoms with Gasteiger partial charge in [0.05, 0.1) is 0 Å². The highest BCUT2D eigenvalue weighted by molar-refractivity contribution is 5.13. The fourth-order valence-electron chi connectivity index (χ4n) is 2.71. The van der Waals surface area contributed by atoms with Gasteiger partial charge in [0.1, 0.15) is 0 Å². The van der Waals surface area contributed by atoms with Crippen molar-refractivity contribution < 1.29 is 18.3 Å². The number of nitrogens with zero attached hydrogens (tertiary/aromatic N) is 1. The van der Waals surface area contributed by atoms with Gasteiger partial charge < -0.3 is 10.0 Å². The van der Waals surface area contributed by atoms with Gasteiger partial charge in [0.25, 0.3) is 0 Å². The maximum atomic E-state index is 12.2. The monoisotopic (exact) mass is 195 g/mol. The molecule has 0 aromatic carbocycles. The molecule has 2 aliphatic rings. The van der Waals surface area contributed by atoms with Gasteiger partial charge >= 0.3 is 6.18 Å². The van der Waals surface area contributed by atoms with Gasteiger partial charge in [0, 0.05) is 18.5 Å². The minimum Gasteiger partial charge on any atom is -0.380 e. The molecule has 1 heterocycles. The van der Waals surface area contributed by atoms with Gasteiger partial charge in [-0.25, -0.2) is 0 Å². The van der Waals surface area contributed by atoms with Crippen LogP contribution < -0.4 is 0 Å². The van der Waals surface area contributed by atoms with E-state index in [-0.39, 0.29) is 18.3 Å². The maximum absolute atomic E-state index is 12.2. The summed E-state index contributed by atoms with van der Waals surface area (Å²) in [5, 5.41) is 9.19. The van der Waals surface area contributed by atoms with E-state index in [1.807, 2.05) is 11.9 Å². The van der Waals surface area contributed by atoms with Crippen LogP contribution in [0.4, 0.5) is 13.2 Å². The molecular weight excluding hydrogens is 183 g/mol. The summed E-state index contributed by atoms with van der Waals surface area (Å²) in [5.74, 6) is 0. The average molecular weight is 195 g/mol. The lowest BCUT2D eigenvalue weighted by molar-refractivity contribution is -0.330. The summed E-state index contributed by atoms with van der Waals surface area (Å²) in [6.07, 6.45) is -4.69. The third kappa shape index (κ3) is 1.17. The van der Waals surface area contributed by atoms with Crippen LogP contribution in [0.3, 0.4) is 0 Å². The molecule has 0 aromatic heterocycles. The minimum atomic E-state index is -4.45. The van der Waals surface area contributed by atoms with Gasteiger partial charge in [-0.15, -0.1) is 0 Å². The van der Waals surface area contributed by atoms with Crippen LogP contribution >= 0.6 is 0 Å². The molecule has 1 saturated heterocycles. The molecule has 2 fully saturated rings. The standard InChI is InChI=1S/C8H12F3NO/c1-12-4-6(5-12)2-7(13,3-6)8(9,10)11/h13H,2-5H2,1H3. The molecule has 5 heteroatoms. The zero-order valence-electron chi connectivity index (χ0n) is 7.36. The second kappa shape index (κ2) is 2.20. The van der Waals surface area contributed by atoms with E-state index in [9.17, 15) is 18.3 Å². The summed E-state index contributed by atoms with van der Waals surface area (Å²) >= 11 is 0. The second-order valence-corrected chi connectivity index (χ2v) is 4.56. The fraction of sp³-hybridized carbons (Fsp3) is 1.00. The van der Waals surface area contributed by atoms with Crippen LogP contribution in [0.2, 0.25) is 0 Å². The summed E-state index contributed by atoms with van der Waals surface area (Å²) in [5.41, 5.74) is -2.63. The Hall–Kier alpha value is -0.290. The van der Waals surface area contributed by atoms with Gasteiger partial charge in [-0.2, -0.15) is 13.2 Å². The third-order valence-corrected chi connectivity index (χ3v) is 3.07. The Labute approximate surface area is 74.3 Å². The van der Waals surface area contributed by atoms with Crippen molar-refractivity contribution in [1.82, 2.24) is 4.90 Å². The molecule has 0 radical (unpaired) electrons. The van der Waals surface area contributed by atoms with E-state index >= 15 is 0 Å². The van der Waals surface area contributed by atoms with Gasteiger partial charge in [-0.3, -0.25) is 0 Å². The van der Waals surface area contributed by atoms with Crippen LogP contribution in [0, 0.1) is 5.41 Å². The normalized spacial score (nSPS) is 31.2. The third-order valence-electron chi connectivity index (χ3n) is 3.07. The molecule has 0 amide bonds. The van der Waals surface area contributed by atoms with Crippen molar-refractivity contribution in [3.05, 3.63) is 0 Å². The zero-order valence-corrected chi connectivity index (χ0v) is 7.36. The van der Waals surface area contributed by atoms with Crippen molar-refractivity contribution in [3.63, 3.8) is 0 Å². The number of hydrogen-bond donors (Lipinski definition) is 1. The molecule has 1 aliphatic carbocycles. The summed E-state index contributed by atoms with van der Waals surface area (Å²) in [6.45, 7) is 1.37. The fourth-order valence-corrected chi connectivity index (χ4v) is 2.71. The minimum absolute atomic E-state index is 0.117. The van der Waals surface area contributed by atoms with E-state index in [0.29, 0.717) is 13.1 Å². The van der Waals surface area contributed by atoms with E-state index in [4.69, 9.17) is 0 Å². The molecule has 2 nitrogen and oxygen atoms in total. The van der Waals surface area contributed by atoms with Crippen molar-refractivity contribution >= 4 is 0 Å². The molecule has 1 aliphatic heterocycles. The zero-order chi connectivity index (χ0) is 9.91. The van der Waals surface area contributed by atoms with E-state index in [0.717, 1.165) is 0 Å². The largest absolute Gasteiger partial charge is 0.417 e. The van der Waals surface area contributed by atoms with E-state index in [2.05, 4.69) is 0 Å². The molecular formula is C8H12F3NO. The van der Waals surface area contributed by atoms with Crippen LogP contribution in [0.1, 0.15) is 12.8 Å². The lowest BCUT2D eigenvalue weighted by Gasteiger charge is -2.61. The molecule has 0 atom stereocenters. The van der Waals surface area contributed by atoms with Crippen molar-refractivity contribution in [2.75, 3.05) is 20.1 Å². The molecule has 1 spiro atoms. The molecule has 0 bridgehead atoms. The summed E-state index contributed by atoms with van der Waals surface area (Å²) in [7, 11) is 1.87. The Morgan fingerprint density at radius 1 is 1.23 bits per heavy atom. The van der Waals surface area contributed by atoms with Crippen molar-refractivity contribution in [2.24, 2.45) is 5.41 Å². The number of rotatable bonds is 0. The second-order valence-electron chi connectivity index (χ2n) is 4.56. The summed E-state index contributed by atoms with van der Waals surface area (Å²) < 4.78 is 36.7. The van der Waals surface area contributed by atoms with Gasteiger partial charge in [-0.1, -0.05) is 0 Å². The Morgan fingerprint density at radius 3 is 2.00 bits per heavy atom. The summed E-state index contributed by atoms with van der Waals surface area (Å²) in [6, 6.07) is 0. The van der Waals surface area contributed by atoms with Crippen molar-refractivity contribution in [2.45, 2.75) is 24.6 Å². The Kier molecular flexibility index (Phi) is 1.57. The van der Waals surface area contributed by atoms with E-state index in [1.54, 1.807) is 0 Å². The van der Waals surface area contributed by atoms with Crippen LogP contribution in [-0.4, -0.2) is 41.9 Å². The van der Waals surface area contributed by atoms with Crippen molar-refractivity contribution in [1.29, 1.82) is 0 Å². The van der Waals surface area contributed by atoms with Gasteiger partial charge in [0.15, 0.2) is 5.60 Å². The molecule has 13 heavy (non-hydrogen) atoms. The predicted octanol–water partition coefficient (Wildman–Crippen LogP) is 1.01. The van der Waals surface area contributed by atoms with Crippen LogP contribution in [-0.2, 0) is 0 Å². The molecule has 0 unspecified atom stereocenters. The van der Waals surface area contributed by atoms with Crippen LogP contribution in [0.5, 0.6) is 0 Å². The van der Waals surface area contributed by atoms with Crippen LogP contribution in [0.25, 0.3) is 0 Å². The lowest BCUT2D eigenvalue weighted by atomic mass is 9.55. The van der Waals surface area contributed by atoms with E-state index < -0.39 is 11.8 Å². The first-order chi connectivity index (χ1) is 5.77. The van der Waals surface area contributed by atoms with Crippen LogP contribution in [0.15, 0.2) is 0 Å². The topological polar surface area (TPSA) is 23.5 Å². The Morgan fingerprint density at radius 2 is 1.69 bits per heavy atom. The molecule has 76 valence electrons. The highest BCUT2D eigenvalue weighted by Crippen LogP contribution is 2.59. The molecule has 2 rings (SSSR count). The van der Waals surface area contributed by atoms with Gasteiger partial charge in [-0.05, 0) is 19.9 Å². The van der Waals surface area contributed by atoms with Crippen molar-refractivity contribution in [3.8, 4) is 0 Å². The quantitative estimate of drug-likeness (QED) is 0.623. The number of hydrogen-bond acceptors (Lipinski definition) is 2. The van der Waals surface area contributed by atoms with E-state index in [1.165, 1.54) is 0 Å². The molecule has 1 saturated carbocycles. The highest BCUT2D eigenvalue weighted by Gasteiger charge is 2.69. The number of likely N-dealkylation sites (tertiary alicyclic amines) is 1. The maximum Gasteiger partial charge on any atom is 0.417 e. The molecule has 0 aromatic rings. The first-order valence-electron chi connectivity index (χ1n) is 4.24. The first-order valence-corrected chi connectivity index (χ1v) is 4.24. The SMILES string of the molecule is CN1CC2(C1)CC(O)(C(F)(F)F)C2. The molecule has 1 N–H and O–H groups in total.